The van der Waals surface area contributed by atoms with Crippen LogP contribution in [0.3, 0.4) is 0 Å². The number of anilines is 1. The van der Waals surface area contributed by atoms with Gasteiger partial charge in [0.1, 0.15) is 0 Å². The number of esters is 1. The molecule has 0 aliphatic carbocycles. The second-order valence-corrected chi connectivity index (χ2v) is 8.02. The van der Waals surface area contributed by atoms with Gasteiger partial charge in [0.05, 0.1) is 22.9 Å². The Hall–Kier alpha value is -2.38. The van der Waals surface area contributed by atoms with E-state index in [4.69, 9.17) is 4.74 Å². The van der Waals surface area contributed by atoms with E-state index in [-0.39, 0.29) is 11.9 Å². The van der Waals surface area contributed by atoms with E-state index < -0.39 is 0 Å². The molecule has 1 aromatic heterocycles. The molecule has 140 valence electrons. The topological polar surface area (TPSA) is 68.3 Å². The number of carbonyl (C=O) groups is 2. The van der Waals surface area contributed by atoms with Crippen LogP contribution < -0.4 is 5.32 Å². The molecule has 0 fully saturated rings. The van der Waals surface area contributed by atoms with Crippen LogP contribution in [0.25, 0.3) is 10.2 Å². The normalized spacial score (nSPS) is 10.7. The molecule has 5 nitrogen and oxygen atoms in total. The molecule has 0 aliphatic heterocycles. The smallest absolute Gasteiger partial charge is 0.337 e. The Labute approximate surface area is 166 Å². The van der Waals surface area contributed by atoms with Crippen LogP contribution in [0.15, 0.2) is 48.5 Å². The zero-order valence-electron chi connectivity index (χ0n) is 14.9. The lowest BCUT2D eigenvalue weighted by Gasteiger charge is -2.03. The monoisotopic (exact) mass is 400 g/mol. The van der Waals surface area contributed by atoms with Crippen LogP contribution in [0.2, 0.25) is 0 Å². The van der Waals surface area contributed by atoms with Crippen molar-refractivity contribution in [1.29, 1.82) is 0 Å². The summed E-state index contributed by atoms with van der Waals surface area (Å²) in [6.45, 7) is 0. The number of fused-ring (bicyclic) bond motifs is 1. The van der Waals surface area contributed by atoms with E-state index in [0.29, 0.717) is 17.1 Å². The van der Waals surface area contributed by atoms with Crippen molar-refractivity contribution in [2.75, 3.05) is 18.2 Å². The van der Waals surface area contributed by atoms with Crippen LogP contribution in [0.4, 0.5) is 5.13 Å². The minimum absolute atomic E-state index is 0.0393. The Morgan fingerprint density at radius 2 is 2.00 bits per heavy atom. The van der Waals surface area contributed by atoms with Crippen LogP contribution in [0.1, 0.15) is 28.8 Å². The Morgan fingerprint density at radius 1 is 1.19 bits per heavy atom. The van der Waals surface area contributed by atoms with Gasteiger partial charge in [-0.2, -0.15) is 11.8 Å². The van der Waals surface area contributed by atoms with Crippen LogP contribution in [0.5, 0.6) is 0 Å². The van der Waals surface area contributed by atoms with E-state index in [1.54, 1.807) is 18.2 Å². The molecule has 1 N–H and O–H groups in total. The highest BCUT2D eigenvalue weighted by molar-refractivity contribution is 7.98. The highest BCUT2D eigenvalue weighted by atomic mass is 32.2. The number of nitrogens with zero attached hydrogens (tertiary/aromatic N) is 1. The van der Waals surface area contributed by atoms with Gasteiger partial charge in [0.25, 0.3) is 0 Å². The molecule has 0 unspecified atom stereocenters. The summed E-state index contributed by atoms with van der Waals surface area (Å²) in [5.74, 6) is 1.47. The van der Waals surface area contributed by atoms with Gasteiger partial charge in [0, 0.05) is 12.2 Å². The Morgan fingerprint density at radius 3 is 2.78 bits per heavy atom. The summed E-state index contributed by atoms with van der Waals surface area (Å²) < 4.78 is 5.56. The van der Waals surface area contributed by atoms with E-state index in [2.05, 4.69) is 22.4 Å². The third-order valence-corrected chi connectivity index (χ3v) is 5.91. The van der Waals surface area contributed by atoms with Crippen LogP contribution in [-0.4, -0.2) is 29.7 Å². The van der Waals surface area contributed by atoms with Gasteiger partial charge in [0.2, 0.25) is 5.91 Å². The minimum Gasteiger partial charge on any atom is -0.465 e. The number of methoxy groups -OCH3 is 1. The minimum atomic E-state index is -0.385. The molecular weight excluding hydrogens is 380 g/mol. The fourth-order valence-corrected chi connectivity index (χ4v) is 4.35. The van der Waals surface area contributed by atoms with Crippen LogP contribution in [0, 0.1) is 0 Å². The summed E-state index contributed by atoms with van der Waals surface area (Å²) in [4.78, 5) is 28.1. The summed E-state index contributed by atoms with van der Waals surface area (Å²) in [5.41, 5.74) is 2.52. The summed E-state index contributed by atoms with van der Waals surface area (Å²) in [6.07, 6.45) is 1.28. The van der Waals surface area contributed by atoms with Crippen LogP contribution in [-0.2, 0) is 15.3 Å². The van der Waals surface area contributed by atoms with E-state index in [9.17, 15) is 9.59 Å². The van der Waals surface area contributed by atoms with Gasteiger partial charge in [-0.25, -0.2) is 9.78 Å². The molecule has 2 aromatic carbocycles. The summed E-state index contributed by atoms with van der Waals surface area (Å²) in [5, 5.41) is 3.40. The quantitative estimate of drug-likeness (QED) is 0.437. The van der Waals surface area contributed by atoms with Gasteiger partial charge in [-0.3, -0.25) is 4.79 Å². The summed E-state index contributed by atoms with van der Waals surface area (Å²) in [6, 6.07) is 15.5. The first kappa shape index (κ1) is 19.4. The second kappa shape index (κ2) is 9.53. The number of hydrogen-bond acceptors (Lipinski definition) is 6. The van der Waals surface area contributed by atoms with E-state index >= 15 is 0 Å². The first-order valence-electron chi connectivity index (χ1n) is 8.56. The average Bonchev–Trinajstić information content (AvgIpc) is 3.09. The molecule has 0 saturated heterocycles. The van der Waals surface area contributed by atoms with Gasteiger partial charge in [-0.15, -0.1) is 0 Å². The van der Waals surface area contributed by atoms with Crippen molar-refractivity contribution in [3.63, 3.8) is 0 Å². The standard InChI is InChI=1S/C20H20N2O3S2/c1-25-19(24)15-9-10-16-17(12-15)27-20(21-16)22-18(23)8-5-11-26-13-14-6-3-2-4-7-14/h2-4,6-7,9-10,12H,5,8,11,13H2,1H3,(H,21,22,23). The van der Waals surface area contributed by atoms with Gasteiger partial charge in [-0.1, -0.05) is 41.7 Å². The van der Waals surface area contributed by atoms with Gasteiger partial charge in [-0.05, 0) is 35.9 Å². The number of ether oxygens (including phenoxy) is 1. The Kier molecular flexibility index (Phi) is 6.84. The summed E-state index contributed by atoms with van der Waals surface area (Å²) >= 11 is 3.18. The number of thiazole rings is 1. The van der Waals surface area contributed by atoms with Crippen molar-refractivity contribution in [1.82, 2.24) is 4.98 Å². The predicted octanol–water partition coefficient (Wildman–Crippen LogP) is 4.74. The van der Waals surface area contributed by atoms with Crippen molar-refractivity contribution >= 4 is 50.3 Å². The van der Waals surface area contributed by atoms with Crippen molar-refractivity contribution < 1.29 is 14.3 Å². The maximum absolute atomic E-state index is 12.1. The molecule has 0 radical (unpaired) electrons. The maximum Gasteiger partial charge on any atom is 0.337 e. The van der Waals surface area contributed by atoms with Gasteiger partial charge >= 0.3 is 5.97 Å². The number of nitrogens with one attached hydrogen (secondary N) is 1. The van der Waals surface area contributed by atoms with E-state index in [0.717, 1.165) is 28.1 Å². The Bertz CT molecular complexity index is 925. The van der Waals surface area contributed by atoms with Crippen molar-refractivity contribution in [2.45, 2.75) is 18.6 Å². The average molecular weight is 401 g/mol. The lowest BCUT2D eigenvalue weighted by molar-refractivity contribution is -0.116. The summed E-state index contributed by atoms with van der Waals surface area (Å²) in [7, 11) is 1.35. The fraction of sp³-hybridized carbons (Fsp3) is 0.250. The van der Waals surface area contributed by atoms with E-state index in [1.165, 1.54) is 24.0 Å². The SMILES string of the molecule is COC(=O)c1ccc2nc(NC(=O)CCCSCc3ccccc3)sc2c1. The highest BCUT2D eigenvalue weighted by Gasteiger charge is 2.11. The van der Waals surface area contributed by atoms with Crippen LogP contribution >= 0.6 is 23.1 Å². The maximum atomic E-state index is 12.1. The molecule has 3 aromatic rings. The second-order valence-electron chi connectivity index (χ2n) is 5.88. The molecule has 0 bridgehead atoms. The van der Waals surface area contributed by atoms with Crippen molar-refractivity contribution in [3.05, 3.63) is 59.7 Å². The number of benzene rings is 2. The van der Waals surface area contributed by atoms with Gasteiger partial charge < -0.3 is 10.1 Å². The third-order valence-electron chi connectivity index (χ3n) is 3.86. The molecular formula is C20H20N2O3S2. The van der Waals surface area contributed by atoms with E-state index in [1.807, 2.05) is 30.0 Å². The lowest BCUT2D eigenvalue weighted by Crippen LogP contribution is -2.11. The first-order chi connectivity index (χ1) is 13.2. The molecule has 0 atom stereocenters. The lowest BCUT2D eigenvalue weighted by atomic mass is 10.2. The predicted molar refractivity (Wildman–Crippen MR) is 111 cm³/mol. The molecule has 0 saturated carbocycles. The first-order valence-corrected chi connectivity index (χ1v) is 10.5. The number of hydrogen-bond donors (Lipinski definition) is 1. The zero-order chi connectivity index (χ0) is 19.1. The molecule has 3 rings (SSSR count). The molecule has 1 heterocycles. The number of rotatable bonds is 8. The molecule has 27 heavy (non-hydrogen) atoms. The number of amides is 1. The molecule has 0 spiro atoms. The fourth-order valence-electron chi connectivity index (χ4n) is 2.50. The molecule has 1 amide bonds. The van der Waals surface area contributed by atoms with Crippen molar-refractivity contribution in [2.24, 2.45) is 0 Å². The molecule has 7 heteroatoms. The third kappa shape index (κ3) is 5.55. The van der Waals surface area contributed by atoms with Crippen molar-refractivity contribution in [3.8, 4) is 0 Å². The molecule has 0 aliphatic rings. The highest BCUT2D eigenvalue weighted by Crippen LogP contribution is 2.27. The zero-order valence-corrected chi connectivity index (χ0v) is 16.6. The number of thioether (sulfide) groups is 1. The Balaban J connectivity index is 1.45. The largest absolute Gasteiger partial charge is 0.465 e. The number of aromatic nitrogens is 1. The number of carbonyl (C=O) groups excluding carboxylic acids is 2. The van der Waals surface area contributed by atoms with Gasteiger partial charge in [0.15, 0.2) is 5.13 Å².